The van der Waals surface area contributed by atoms with Crippen LogP contribution in [-0.2, 0) is 6.54 Å². The summed E-state index contributed by atoms with van der Waals surface area (Å²) in [6.45, 7) is 2.38. The lowest BCUT2D eigenvalue weighted by atomic mass is 10.4. The minimum absolute atomic E-state index is 0.0106. The molecule has 0 bridgehead atoms. The van der Waals surface area contributed by atoms with Gasteiger partial charge in [0.2, 0.25) is 0 Å². The van der Waals surface area contributed by atoms with E-state index in [-0.39, 0.29) is 5.56 Å². The van der Waals surface area contributed by atoms with E-state index < -0.39 is 0 Å². The maximum absolute atomic E-state index is 11.8. The number of aryl methyl sites for hydroxylation is 1. The van der Waals surface area contributed by atoms with Crippen molar-refractivity contribution in [2.75, 3.05) is 0 Å². The molecule has 2 heterocycles. The van der Waals surface area contributed by atoms with E-state index in [9.17, 15) is 4.79 Å². The summed E-state index contributed by atoms with van der Waals surface area (Å²) < 4.78 is 2.28. The predicted octanol–water partition coefficient (Wildman–Crippen LogP) is 1.66. The van der Waals surface area contributed by atoms with Crippen molar-refractivity contribution in [3.05, 3.63) is 42.5 Å². The van der Waals surface area contributed by atoms with E-state index in [1.165, 1.54) is 11.3 Å². The van der Waals surface area contributed by atoms with Crippen LogP contribution < -0.4 is 5.56 Å². The van der Waals surface area contributed by atoms with Gasteiger partial charge < -0.3 is 0 Å². The van der Waals surface area contributed by atoms with Gasteiger partial charge in [0.05, 0.1) is 27.6 Å². The molecule has 15 heavy (non-hydrogen) atoms. The third-order valence-electron chi connectivity index (χ3n) is 1.97. The highest BCUT2D eigenvalue weighted by Crippen LogP contribution is 2.07. The number of rotatable bonds is 2. The van der Waals surface area contributed by atoms with Crippen LogP contribution in [0.1, 0.15) is 10.6 Å². The van der Waals surface area contributed by atoms with Crippen LogP contribution in [0.3, 0.4) is 0 Å². The SMILES string of the molecule is Cc1ncn(Cc2cncs2)c(=O)c1I. The standard InChI is InChI=1S/C9H8IN3OS/c1-6-8(10)9(14)13(4-12-6)3-7-2-11-5-15-7/h2,4-5H,3H2,1H3. The summed E-state index contributed by atoms with van der Waals surface area (Å²) in [6, 6.07) is 0. The quantitative estimate of drug-likeness (QED) is 0.786. The molecule has 0 saturated carbocycles. The summed E-state index contributed by atoms with van der Waals surface area (Å²) >= 11 is 3.56. The monoisotopic (exact) mass is 333 g/mol. The Kier molecular flexibility index (Phi) is 3.15. The van der Waals surface area contributed by atoms with E-state index in [1.54, 1.807) is 22.6 Å². The molecule has 6 heteroatoms. The molecule has 0 aliphatic heterocycles. The van der Waals surface area contributed by atoms with Crippen molar-refractivity contribution in [3.63, 3.8) is 0 Å². The van der Waals surface area contributed by atoms with Gasteiger partial charge >= 0.3 is 0 Å². The van der Waals surface area contributed by atoms with E-state index in [1.807, 2.05) is 29.5 Å². The molecule has 0 N–H and O–H groups in total. The molecule has 2 aromatic heterocycles. The highest BCUT2D eigenvalue weighted by molar-refractivity contribution is 14.1. The van der Waals surface area contributed by atoms with Crippen molar-refractivity contribution in [1.29, 1.82) is 0 Å². The normalized spacial score (nSPS) is 10.5. The average Bonchev–Trinajstić information content (AvgIpc) is 2.72. The highest BCUT2D eigenvalue weighted by Gasteiger charge is 2.06. The summed E-state index contributed by atoms with van der Waals surface area (Å²) in [5.41, 5.74) is 2.55. The lowest BCUT2D eigenvalue weighted by Gasteiger charge is -2.04. The van der Waals surface area contributed by atoms with Crippen molar-refractivity contribution in [1.82, 2.24) is 14.5 Å². The van der Waals surface area contributed by atoms with E-state index in [4.69, 9.17) is 0 Å². The van der Waals surface area contributed by atoms with E-state index >= 15 is 0 Å². The molecule has 0 aromatic carbocycles. The van der Waals surface area contributed by atoms with Crippen LogP contribution in [0.4, 0.5) is 0 Å². The van der Waals surface area contributed by atoms with Gasteiger partial charge in [0.15, 0.2) is 0 Å². The topological polar surface area (TPSA) is 47.8 Å². The number of aromatic nitrogens is 3. The molecular weight excluding hydrogens is 325 g/mol. The Morgan fingerprint density at radius 3 is 3.07 bits per heavy atom. The second-order valence-corrected chi connectivity index (χ2v) is 5.09. The molecule has 0 unspecified atom stereocenters. The van der Waals surface area contributed by atoms with Gasteiger partial charge in [-0.2, -0.15) is 0 Å². The van der Waals surface area contributed by atoms with Crippen LogP contribution in [0.5, 0.6) is 0 Å². The summed E-state index contributed by atoms with van der Waals surface area (Å²) in [4.78, 5) is 21.0. The second kappa shape index (κ2) is 4.40. The summed E-state index contributed by atoms with van der Waals surface area (Å²) in [6.07, 6.45) is 3.35. The number of hydrogen-bond donors (Lipinski definition) is 0. The number of nitrogens with zero attached hydrogens (tertiary/aromatic N) is 3. The Labute approximate surface area is 104 Å². The average molecular weight is 333 g/mol. The molecule has 0 radical (unpaired) electrons. The van der Waals surface area contributed by atoms with Crippen LogP contribution in [0, 0.1) is 10.5 Å². The molecular formula is C9H8IN3OS. The molecule has 0 fully saturated rings. The van der Waals surface area contributed by atoms with E-state index in [0.717, 1.165) is 10.6 Å². The van der Waals surface area contributed by atoms with Gasteiger partial charge in [0.25, 0.3) is 5.56 Å². The van der Waals surface area contributed by atoms with E-state index in [0.29, 0.717) is 10.1 Å². The van der Waals surface area contributed by atoms with Gasteiger partial charge in [0, 0.05) is 11.1 Å². The first kappa shape index (κ1) is 10.7. The zero-order valence-electron chi connectivity index (χ0n) is 7.98. The molecule has 2 aromatic rings. The Bertz CT molecular complexity index is 521. The van der Waals surface area contributed by atoms with Gasteiger partial charge in [0.1, 0.15) is 0 Å². The van der Waals surface area contributed by atoms with Gasteiger partial charge in [-0.1, -0.05) is 0 Å². The van der Waals surface area contributed by atoms with Crippen molar-refractivity contribution >= 4 is 33.9 Å². The number of thiazole rings is 1. The van der Waals surface area contributed by atoms with Crippen LogP contribution >= 0.6 is 33.9 Å². The van der Waals surface area contributed by atoms with Crippen LogP contribution in [0.25, 0.3) is 0 Å². The third kappa shape index (κ3) is 2.25. The Morgan fingerprint density at radius 2 is 2.40 bits per heavy atom. The fourth-order valence-electron chi connectivity index (χ4n) is 1.15. The van der Waals surface area contributed by atoms with Gasteiger partial charge in [-0.05, 0) is 29.5 Å². The highest BCUT2D eigenvalue weighted by atomic mass is 127. The molecule has 0 spiro atoms. The van der Waals surface area contributed by atoms with Gasteiger partial charge in [-0.25, -0.2) is 4.98 Å². The Hall–Kier alpha value is -0.760. The second-order valence-electron chi connectivity index (χ2n) is 3.04. The lowest BCUT2D eigenvalue weighted by molar-refractivity contribution is 0.731. The maximum Gasteiger partial charge on any atom is 0.267 e. The smallest absolute Gasteiger partial charge is 0.267 e. The van der Waals surface area contributed by atoms with Crippen LogP contribution in [0.2, 0.25) is 0 Å². The van der Waals surface area contributed by atoms with Crippen molar-refractivity contribution < 1.29 is 0 Å². The first-order valence-corrected chi connectivity index (χ1v) is 6.23. The van der Waals surface area contributed by atoms with Crippen molar-refractivity contribution in [3.8, 4) is 0 Å². The summed E-state index contributed by atoms with van der Waals surface area (Å²) in [7, 11) is 0. The minimum atomic E-state index is 0.0106. The molecule has 0 saturated heterocycles. The molecule has 0 amide bonds. The first-order valence-electron chi connectivity index (χ1n) is 4.27. The molecule has 2 rings (SSSR count). The van der Waals surface area contributed by atoms with Gasteiger partial charge in [-0.3, -0.25) is 14.3 Å². The molecule has 0 aliphatic carbocycles. The molecule has 78 valence electrons. The third-order valence-corrected chi connectivity index (χ3v) is 3.97. The summed E-state index contributed by atoms with van der Waals surface area (Å²) in [5.74, 6) is 0. The fourth-order valence-corrected chi connectivity index (χ4v) is 2.19. The van der Waals surface area contributed by atoms with E-state index in [2.05, 4.69) is 9.97 Å². The fraction of sp³-hybridized carbons (Fsp3) is 0.222. The Morgan fingerprint density at radius 1 is 1.60 bits per heavy atom. The zero-order valence-corrected chi connectivity index (χ0v) is 10.9. The first-order chi connectivity index (χ1) is 7.18. The number of halogens is 1. The molecule has 0 aliphatic rings. The van der Waals surface area contributed by atoms with Crippen molar-refractivity contribution in [2.24, 2.45) is 0 Å². The number of hydrogen-bond acceptors (Lipinski definition) is 4. The molecule has 4 nitrogen and oxygen atoms in total. The maximum atomic E-state index is 11.8. The molecule has 0 atom stereocenters. The largest absolute Gasteiger partial charge is 0.293 e. The minimum Gasteiger partial charge on any atom is -0.293 e. The van der Waals surface area contributed by atoms with Crippen LogP contribution in [0.15, 0.2) is 22.8 Å². The Balaban J connectivity index is 2.38. The predicted molar refractivity (Wildman–Crippen MR) is 67.2 cm³/mol. The summed E-state index contributed by atoms with van der Waals surface area (Å²) in [5, 5.41) is 0. The van der Waals surface area contributed by atoms with Crippen molar-refractivity contribution in [2.45, 2.75) is 13.5 Å². The van der Waals surface area contributed by atoms with Crippen LogP contribution in [-0.4, -0.2) is 14.5 Å². The lowest BCUT2D eigenvalue weighted by Crippen LogP contribution is -2.24. The van der Waals surface area contributed by atoms with Gasteiger partial charge in [-0.15, -0.1) is 11.3 Å². The zero-order chi connectivity index (χ0) is 10.8.